The molecule has 4 rings (SSSR count). The van der Waals surface area contributed by atoms with Crippen LogP contribution in [0.15, 0.2) is 84.9 Å². The molecule has 0 amide bonds. The zero-order chi connectivity index (χ0) is 17.2. The molecule has 122 valence electrons. The number of hydrogen-bond donors (Lipinski definition) is 0. The third-order valence-electron chi connectivity index (χ3n) is 4.08. The van der Waals surface area contributed by atoms with Gasteiger partial charge in [-0.2, -0.15) is 0 Å². The Bertz CT molecular complexity index is 1030. The Kier molecular flexibility index (Phi) is 4.08. The molecule has 3 aromatic carbocycles. The van der Waals surface area contributed by atoms with Crippen molar-refractivity contribution in [2.24, 2.45) is 0 Å². The van der Waals surface area contributed by atoms with Crippen LogP contribution in [0.25, 0.3) is 25.1 Å². The first-order valence-electron chi connectivity index (χ1n) is 8.15. The summed E-state index contributed by atoms with van der Waals surface area (Å²) < 4.78 is 7.99. The molecule has 0 N–H and O–H groups in total. The fraction of sp³-hybridized carbons (Fsp3) is 0.0455. The van der Waals surface area contributed by atoms with Gasteiger partial charge in [-0.15, -0.1) is 0 Å². The molecule has 0 saturated carbocycles. The van der Waals surface area contributed by atoms with E-state index in [1.807, 2.05) is 12.1 Å². The maximum Gasteiger partial charge on any atom is 0.335 e. The summed E-state index contributed by atoms with van der Waals surface area (Å²) in [7, 11) is -0.119. The lowest BCUT2D eigenvalue weighted by Gasteiger charge is -2.00. The van der Waals surface area contributed by atoms with Crippen LogP contribution in [0.3, 0.4) is 0 Å². The van der Waals surface area contributed by atoms with Crippen LogP contribution in [-0.4, -0.2) is 5.97 Å². The minimum atomic E-state index is -0.353. The number of fused-ring (bicyclic) bond motifs is 3. The van der Waals surface area contributed by atoms with Crippen molar-refractivity contribution in [1.29, 1.82) is 0 Å². The van der Waals surface area contributed by atoms with Crippen molar-refractivity contribution in [3.8, 4) is 10.6 Å². The monoisotopic (exact) mass is 345 g/mol. The molecule has 0 radical (unpaired) electrons. The summed E-state index contributed by atoms with van der Waals surface area (Å²) in [5.74, 6) is 0.213. The fourth-order valence-electron chi connectivity index (χ4n) is 3.04. The normalized spacial score (nSPS) is 11.4. The Labute approximate surface area is 149 Å². The second-order valence-electron chi connectivity index (χ2n) is 5.69. The number of hydrogen-bond acceptors (Lipinski definition) is 2. The second kappa shape index (κ2) is 6.54. The maximum atomic E-state index is 11.6. The third kappa shape index (κ3) is 2.83. The van der Waals surface area contributed by atoms with E-state index in [1.54, 1.807) is 13.0 Å². The Balaban J connectivity index is 1.82. The van der Waals surface area contributed by atoms with Crippen molar-refractivity contribution in [2.45, 2.75) is 6.92 Å². The van der Waals surface area contributed by atoms with E-state index in [0.717, 1.165) is 0 Å². The highest BCUT2D eigenvalue weighted by molar-refractivity contribution is 7.50. The molecule has 1 aromatic heterocycles. The fourth-order valence-corrected chi connectivity index (χ4v) is 5.41. The molecule has 2 nitrogen and oxygen atoms in total. The molecule has 0 aliphatic carbocycles. The number of carbonyl (C=O) groups excluding carboxylic acids is 1. The smallest absolute Gasteiger partial charge is 0.335 e. The zero-order valence-corrected chi connectivity index (χ0v) is 14.6. The Hall–Kier alpha value is -2.91. The van der Waals surface area contributed by atoms with Gasteiger partial charge in [0.05, 0.1) is 0 Å². The molecular weight excluding hydrogens is 328 g/mol. The van der Waals surface area contributed by atoms with E-state index in [4.69, 9.17) is 4.74 Å². The van der Waals surface area contributed by atoms with Crippen molar-refractivity contribution in [2.75, 3.05) is 0 Å². The van der Waals surface area contributed by atoms with Crippen molar-refractivity contribution >= 4 is 36.6 Å². The van der Waals surface area contributed by atoms with Gasteiger partial charge in [-0.1, -0.05) is 30.3 Å². The molecule has 0 fully saturated rings. The molecule has 25 heavy (non-hydrogen) atoms. The Morgan fingerprint density at radius 2 is 1.40 bits per heavy atom. The first-order chi connectivity index (χ1) is 12.3. The summed E-state index contributed by atoms with van der Waals surface area (Å²) in [6, 6.07) is 25.0. The molecule has 0 aliphatic heterocycles. The van der Waals surface area contributed by atoms with E-state index in [0.29, 0.717) is 5.75 Å². The van der Waals surface area contributed by atoms with E-state index in [2.05, 4.69) is 60.7 Å². The molecule has 4 aromatic rings. The SMILES string of the molecule is C/C=C/C(=O)Oc1ccc(-[s+]2c3ccccc3c3ccccc32)cc1. The minimum absolute atomic E-state index is 0.119. The molecule has 1 heterocycles. The standard InChI is InChI=1S/C22H17O2S/c1-2-7-22(23)24-16-12-14-17(15-13-16)25-20-10-5-3-8-18(20)19-9-4-6-11-21(19)25/h2-15H,1H3/q+1/b7-2+. The molecule has 0 spiro atoms. The number of esters is 1. The average Bonchev–Trinajstić information content (AvgIpc) is 2.97. The summed E-state index contributed by atoms with van der Waals surface area (Å²) >= 11 is 0. The molecule has 0 atom stereocenters. The van der Waals surface area contributed by atoms with Crippen LogP contribution in [0.4, 0.5) is 0 Å². The highest BCUT2D eigenvalue weighted by Crippen LogP contribution is 2.48. The Morgan fingerprint density at radius 3 is 1.96 bits per heavy atom. The van der Waals surface area contributed by atoms with Crippen LogP contribution in [-0.2, 0) is 4.79 Å². The van der Waals surface area contributed by atoms with Crippen molar-refractivity contribution in [1.82, 2.24) is 0 Å². The van der Waals surface area contributed by atoms with Crippen LogP contribution in [0.5, 0.6) is 5.75 Å². The van der Waals surface area contributed by atoms with Crippen LogP contribution in [0.1, 0.15) is 6.92 Å². The summed E-state index contributed by atoms with van der Waals surface area (Å²) in [5.41, 5.74) is 0. The van der Waals surface area contributed by atoms with Crippen molar-refractivity contribution in [3.05, 3.63) is 84.9 Å². The van der Waals surface area contributed by atoms with Crippen molar-refractivity contribution < 1.29 is 9.53 Å². The van der Waals surface area contributed by atoms with Gasteiger partial charge in [0.25, 0.3) is 0 Å². The molecule has 0 bridgehead atoms. The predicted octanol–water partition coefficient (Wildman–Crippen LogP) is 6.21. The third-order valence-corrected chi connectivity index (χ3v) is 6.42. The topological polar surface area (TPSA) is 26.3 Å². The Morgan fingerprint density at radius 1 is 0.840 bits per heavy atom. The van der Waals surface area contributed by atoms with Gasteiger partial charge in [-0.25, -0.2) is 4.79 Å². The van der Waals surface area contributed by atoms with Crippen LogP contribution in [0.2, 0.25) is 0 Å². The second-order valence-corrected chi connectivity index (χ2v) is 7.65. The van der Waals surface area contributed by atoms with E-state index >= 15 is 0 Å². The van der Waals surface area contributed by atoms with E-state index in [1.165, 1.54) is 31.1 Å². The summed E-state index contributed by atoms with van der Waals surface area (Å²) in [5, 5.41) is 2.62. The van der Waals surface area contributed by atoms with Crippen LogP contribution < -0.4 is 4.74 Å². The highest BCUT2D eigenvalue weighted by atomic mass is 32.2. The van der Waals surface area contributed by atoms with Gasteiger partial charge in [0.1, 0.15) is 5.75 Å². The van der Waals surface area contributed by atoms with Crippen LogP contribution in [0, 0.1) is 0 Å². The van der Waals surface area contributed by atoms with E-state index in [9.17, 15) is 4.79 Å². The maximum absolute atomic E-state index is 11.6. The van der Waals surface area contributed by atoms with Gasteiger partial charge < -0.3 is 4.74 Å². The lowest BCUT2D eigenvalue weighted by atomic mass is 10.2. The van der Waals surface area contributed by atoms with E-state index < -0.39 is 0 Å². The quantitative estimate of drug-likeness (QED) is 0.191. The zero-order valence-electron chi connectivity index (χ0n) is 13.8. The average molecular weight is 345 g/mol. The lowest BCUT2D eigenvalue weighted by molar-refractivity contribution is -0.129. The number of allylic oxidation sites excluding steroid dienone is 1. The molecule has 0 saturated heterocycles. The van der Waals surface area contributed by atoms with Gasteiger partial charge in [0.2, 0.25) is 0 Å². The largest absolute Gasteiger partial charge is 0.423 e. The minimum Gasteiger partial charge on any atom is -0.423 e. The molecular formula is C22H17O2S+. The van der Waals surface area contributed by atoms with Gasteiger partial charge in [-0.05, 0) is 43.3 Å². The summed E-state index contributed by atoms with van der Waals surface area (Å²) in [6.07, 6.45) is 3.09. The number of benzene rings is 3. The molecule has 3 heteroatoms. The van der Waals surface area contributed by atoms with Gasteiger partial charge in [-0.3, -0.25) is 0 Å². The van der Waals surface area contributed by atoms with Gasteiger partial charge >= 0.3 is 5.97 Å². The van der Waals surface area contributed by atoms with E-state index in [-0.39, 0.29) is 16.4 Å². The summed E-state index contributed by atoms with van der Waals surface area (Å²) in [6.45, 7) is 1.79. The van der Waals surface area contributed by atoms with Crippen LogP contribution >= 0.6 is 10.5 Å². The highest BCUT2D eigenvalue weighted by Gasteiger charge is 2.22. The molecule has 0 unspecified atom stereocenters. The van der Waals surface area contributed by atoms with Gasteiger partial charge in [0.15, 0.2) is 14.3 Å². The first kappa shape index (κ1) is 15.6. The number of rotatable bonds is 3. The molecule has 0 aliphatic rings. The van der Waals surface area contributed by atoms with Crippen molar-refractivity contribution in [3.63, 3.8) is 0 Å². The van der Waals surface area contributed by atoms with Gasteiger partial charge in [0, 0.05) is 39.5 Å². The number of carbonyl (C=O) groups is 1. The predicted molar refractivity (Wildman–Crippen MR) is 106 cm³/mol. The number of thiophene rings is 1. The first-order valence-corrected chi connectivity index (χ1v) is 9.37. The lowest BCUT2D eigenvalue weighted by Crippen LogP contribution is -2.03. The number of ether oxygens (including phenoxy) is 1. The summed E-state index contributed by atoms with van der Waals surface area (Å²) in [4.78, 5) is 12.8.